The highest BCUT2D eigenvalue weighted by atomic mass is 16.6. The van der Waals surface area contributed by atoms with Crippen molar-refractivity contribution in [1.29, 1.82) is 0 Å². The standard InChI is InChI=1S/C19H29N3O3/c1-22-12-16(17(21-22)14-5-3-2-4-6-14)18(23)20-15-7-9-25-19(11-15)8-10-24-13-19/h12,14-15H,2-11,13H2,1H3,(H,20,23). The molecule has 3 heterocycles. The first-order chi connectivity index (χ1) is 12.2. The highest BCUT2D eigenvalue weighted by Crippen LogP contribution is 2.35. The van der Waals surface area contributed by atoms with E-state index in [1.54, 1.807) is 4.68 Å². The maximum absolute atomic E-state index is 13.0. The summed E-state index contributed by atoms with van der Waals surface area (Å²) in [5.41, 5.74) is 1.57. The highest BCUT2D eigenvalue weighted by molar-refractivity contribution is 5.95. The summed E-state index contributed by atoms with van der Waals surface area (Å²) < 4.78 is 13.3. The number of nitrogens with zero attached hydrogens (tertiary/aromatic N) is 2. The Hall–Kier alpha value is -1.40. The summed E-state index contributed by atoms with van der Waals surface area (Å²) in [6.07, 6.45) is 10.6. The summed E-state index contributed by atoms with van der Waals surface area (Å²) in [4.78, 5) is 13.0. The third-order valence-corrected chi connectivity index (χ3v) is 5.99. The normalized spacial score (nSPS) is 30.7. The quantitative estimate of drug-likeness (QED) is 0.912. The molecule has 6 nitrogen and oxygen atoms in total. The molecule has 3 aliphatic rings. The molecule has 2 unspecified atom stereocenters. The summed E-state index contributed by atoms with van der Waals surface area (Å²) in [7, 11) is 1.91. The number of rotatable bonds is 3. The van der Waals surface area contributed by atoms with Gasteiger partial charge < -0.3 is 14.8 Å². The molecular weight excluding hydrogens is 318 g/mol. The molecule has 4 rings (SSSR count). The molecule has 0 aromatic carbocycles. The van der Waals surface area contributed by atoms with E-state index < -0.39 is 0 Å². The lowest BCUT2D eigenvalue weighted by molar-refractivity contribution is -0.0881. The molecule has 6 heteroatoms. The molecule has 2 aliphatic heterocycles. The molecule has 1 saturated carbocycles. The first-order valence-corrected chi connectivity index (χ1v) is 9.71. The van der Waals surface area contributed by atoms with Crippen LogP contribution in [0.5, 0.6) is 0 Å². The monoisotopic (exact) mass is 347 g/mol. The maximum atomic E-state index is 13.0. The lowest BCUT2D eigenvalue weighted by Crippen LogP contribution is -2.49. The van der Waals surface area contributed by atoms with Crippen LogP contribution in [-0.4, -0.2) is 47.2 Å². The van der Waals surface area contributed by atoms with Gasteiger partial charge in [0.2, 0.25) is 0 Å². The van der Waals surface area contributed by atoms with Crippen molar-refractivity contribution in [3.05, 3.63) is 17.5 Å². The zero-order chi connectivity index (χ0) is 17.3. The number of carbonyl (C=O) groups excluding carboxylic acids is 1. The van der Waals surface area contributed by atoms with E-state index >= 15 is 0 Å². The second-order valence-electron chi connectivity index (χ2n) is 7.93. The van der Waals surface area contributed by atoms with Gasteiger partial charge in [-0.2, -0.15) is 5.10 Å². The average molecular weight is 347 g/mol. The molecular formula is C19H29N3O3. The molecule has 138 valence electrons. The van der Waals surface area contributed by atoms with Gasteiger partial charge in [0, 0.05) is 44.8 Å². The van der Waals surface area contributed by atoms with Gasteiger partial charge in [0.25, 0.3) is 5.91 Å². The molecule has 1 spiro atoms. The fraction of sp³-hybridized carbons (Fsp3) is 0.789. The smallest absolute Gasteiger partial charge is 0.254 e. The summed E-state index contributed by atoms with van der Waals surface area (Å²) >= 11 is 0. The zero-order valence-corrected chi connectivity index (χ0v) is 15.1. The van der Waals surface area contributed by atoms with E-state index in [0.717, 1.165) is 50.0 Å². The molecule has 0 radical (unpaired) electrons. The van der Waals surface area contributed by atoms with E-state index in [-0.39, 0.29) is 17.6 Å². The van der Waals surface area contributed by atoms with Crippen LogP contribution in [0.4, 0.5) is 0 Å². The van der Waals surface area contributed by atoms with Gasteiger partial charge in [0.15, 0.2) is 0 Å². The first-order valence-electron chi connectivity index (χ1n) is 9.71. The van der Waals surface area contributed by atoms with Crippen LogP contribution in [0.25, 0.3) is 0 Å². The van der Waals surface area contributed by atoms with E-state index in [2.05, 4.69) is 10.4 Å². The van der Waals surface area contributed by atoms with Crippen LogP contribution < -0.4 is 5.32 Å². The van der Waals surface area contributed by atoms with Crippen molar-refractivity contribution in [2.75, 3.05) is 19.8 Å². The maximum Gasteiger partial charge on any atom is 0.254 e. The number of aromatic nitrogens is 2. The van der Waals surface area contributed by atoms with Gasteiger partial charge in [-0.3, -0.25) is 9.48 Å². The lowest BCUT2D eigenvalue weighted by Gasteiger charge is -2.37. The number of ether oxygens (including phenoxy) is 2. The molecule has 25 heavy (non-hydrogen) atoms. The van der Waals surface area contributed by atoms with Crippen LogP contribution in [0.15, 0.2) is 6.20 Å². The van der Waals surface area contributed by atoms with Gasteiger partial charge >= 0.3 is 0 Å². The SMILES string of the molecule is Cn1cc(C(=O)NC2CCOC3(CCOC3)C2)c(C2CCCCC2)n1. The molecule has 1 amide bonds. The predicted octanol–water partition coefficient (Wildman–Crippen LogP) is 2.54. The number of hydrogen-bond acceptors (Lipinski definition) is 4. The summed E-state index contributed by atoms with van der Waals surface area (Å²) in [5.74, 6) is 0.453. The Kier molecular flexibility index (Phi) is 4.82. The van der Waals surface area contributed by atoms with Gasteiger partial charge in [-0.15, -0.1) is 0 Å². The Morgan fingerprint density at radius 2 is 2.12 bits per heavy atom. The van der Waals surface area contributed by atoms with Gasteiger partial charge in [-0.05, 0) is 25.7 Å². The van der Waals surface area contributed by atoms with Crippen LogP contribution in [0, 0.1) is 0 Å². The summed E-state index contributed by atoms with van der Waals surface area (Å²) in [6.45, 7) is 2.10. The van der Waals surface area contributed by atoms with Crippen molar-refractivity contribution in [3.8, 4) is 0 Å². The van der Waals surface area contributed by atoms with Crippen molar-refractivity contribution in [3.63, 3.8) is 0 Å². The van der Waals surface area contributed by atoms with Crippen molar-refractivity contribution < 1.29 is 14.3 Å². The lowest BCUT2D eigenvalue weighted by atomic mass is 9.85. The number of nitrogens with one attached hydrogen (secondary N) is 1. The number of aryl methyl sites for hydroxylation is 1. The Morgan fingerprint density at radius 3 is 2.88 bits per heavy atom. The van der Waals surface area contributed by atoms with Crippen LogP contribution in [0.1, 0.15) is 73.3 Å². The van der Waals surface area contributed by atoms with Crippen LogP contribution in [0.2, 0.25) is 0 Å². The van der Waals surface area contributed by atoms with Gasteiger partial charge in [-0.1, -0.05) is 19.3 Å². The molecule has 1 aliphatic carbocycles. The Balaban J connectivity index is 1.46. The molecule has 0 bridgehead atoms. The minimum atomic E-state index is -0.183. The molecule has 2 saturated heterocycles. The second-order valence-corrected chi connectivity index (χ2v) is 7.93. The van der Waals surface area contributed by atoms with Crippen LogP contribution in [-0.2, 0) is 16.5 Å². The topological polar surface area (TPSA) is 65.4 Å². The van der Waals surface area contributed by atoms with Gasteiger partial charge in [-0.25, -0.2) is 0 Å². The van der Waals surface area contributed by atoms with E-state index in [1.807, 2.05) is 13.2 Å². The van der Waals surface area contributed by atoms with E-state index in [4.69, 9.17) is 9.47 Å². The third kappa shape index (κ3) is 3.60. The highest BCUT2D eigenvalue weighted by Gasteiger charge is 2.41. The zero-order valence-electron chi connectivity index (χ0n) is 15.1. The number of carbonyl (C=O) groups is 1. The summed E-state index contributed by atoms with van der Waals surface area (Å²) in [6, 6.07) is 0.155. The molecule has 1 N–H and O–H groups in total. The first kappa shape index (κ1) is 17.0. The fourth-order valence-corrected chi connectivity index (χ4v) is 4.64. The molecule has 1 aromatic rings. The molecule has 3 fully saturated rings. The van der Waals surface area contributed by atoms with E-state index in [9.17, 15) is 4.79 Å². The van der Waals surface area contributed by atoms with Crippen molar-refractivity contribution in [1.82, 2.24) is 15.1 Å². The summed E-state index contributed by atoms with van der Waals surface area (Å²) in [5, 5.41) is 7.88. The van der Waals surface area contributed by atoms with E-state index in [1.165, 1.54) is 19.3 Å². The third-order valence-electron chi connectivity index (χ3n) is 5.99. The number of amides is 1. The Bertz CT molecular complexity index is 615. The predicted molar refractivity (Wildman–Crippen MR) is 93.6 cm³/mol. The second kappa shape index (κ2) is 7.08. The largest absolute Gasteiger partial charge is 0.378 e. The molecule has 2 atom stereocenters. The Morgan fingerprint density at radius 1 is 1.28 bits per heavy atom. The van der Waals surface area contributed by atoms with Crippen molar-refractivity contribution >= 4 is 5.91 Å². The van der Waals surface area contributed by atoms with Gasteiger partial charge in [0.05, 0.1) is 23.5 Å². The number of hydrogen-bond donors (Lipinski definition) is 1. The average Bonchev–Trinajstić information content (AvgIpc) is 3.23. The minimum Gasteiger partial charge on any atom is -0.378 e. The molecule has 1 aromatic heterocycles. The van der Waals surface area contributed by atoms with Gasteiger partial charge in [0.1, 0.15) is 0 Å². The fourth-order valence-electron chi connectivity index (χ4n) is 4.64. The minimum absolute atomic E-state index is 0.0228. The van der Waals surface area contributed by atoms with Crippen molar-refractivity contribution in [2.45, 2.75) is 68.9 Å². The van der Waals surface area contributed by atoms with Crippen molar-refractivity contribution in [2.24, 2.45) is 7.05 Å². The van der Waals surface area contributed by atoms with E-state index in [0.29, 0.717) is 19.1 Å². The Labute approximate surface area is 149 Å². The van der Waals surface area contributed by atoms with Crippen LogP contribution >= 0.6 is 0 Å². The van der Waals surface area contributed by atoms with Crippen LogP contribution in [0.3, 0.4) is 0 Å².